The standard InChI is InChI=1S/C15H12N.2ClH.Cr/c1-11-13(7-4-10-16-11)15-9-8-12-5-2-3-6-14(12)15;;;/h2-8,10,15-16H,1H2;2*1H;/q-1;;;+3/p-2. The summed E-state index contributed by atoms with van der Waals surface area (Å²) < 4.78 is 0. The van der Waals surface area contributed by atoms with Crippen LogP contribution in [0.3, 0.4) is 0 Å². The molecule has 0 aromatic heterocycles. The largest absolute Gasteiger partial charge is 3.00 e. The monoisotopic (exact) mass is 328 g/mol. The van der Waals surface area contributed by atoms with Gasteiger partial charge in [-0.3, -0.25) is 6.08 Å². The number of rotatable bonds is 1. The molecule has 1 aromatic carbocycles. The maximum atomic E-state index is 4.03. The molecule has 1 atom stereocenters. The molecule has 0 saturated carbocycles. The van der Waals surface area contributed by atoms with Crippen molar-refractivity contribution >= 4 is 6.08 Å². The van der Waals surface area contributed by atoms with E-state index < -0.39 is 0 Å². The second-order valence-corrected chi connectivity index (χ2v) is 3.98. The van der Waals surface area contributed by atoms with Crippen LogP contribution in [0.15, 0.2) is 60.5 Å². The minimum Gasteiger partial charge on any atom is -1.00 e. The molecule has 1 aromatic rings. The number of hydrogen-bond acceptors (Lipinski definition) is 1. The molecule has 1 nitrogen and oxygen atoms in total. The van der Waals surface area contributed by atoms with Crippen LogP contribution in [-0.2, 0) is 17.4 Å². The fraction of sp³-hybridized carbons (Fsp3) is 0.0667. The van der Waals surface area contributed by atoms with Gasteiger partial charge < -0.3 is 30.1 Å². The first-order valence-electron chi connectivity index (χ1n) is 5.37. The molecule has 0 fully saturated rings. The summed E-state index contributed by atoms with van der Waals surface area (Å²) in [7, 11) is 0. The van der Waals surface area contributed by atoms with Crippen molar-refractivity contribution in [2.24, 2.45) is 0 Å². The van der Waals surface area contributed by atoms with Crippen LogP contribution in [0.25, 0.3) is 6.08 Å². The van der Waals surface area contributed by atoms with Gasteiger partial charge in [0, 0.05) is 11.9 Å². The van der Waals surface area contributed by atoms with Crippen molar-refractivity contribution in [1.29, 1.82) is 0 Å². The normalized spacial score (nSPS) is 18.2. The average Bonchev–Trinajstić information content (AvgIpc) is 2.74. The topological polar surface area (TPSA) is 12.0 Å². The number of dihydropyridines is 1. The van der Waals surface area contributed by atoms with Gasteiger partial charge in [0.05, 0.1) is 0 Å². The van der Waals surface area contributed by atoms with Crippen molar-refractivity contribution < 1.29 is 42.2 Å². The minimum absolute atomic E-state index is 0. The Balaban J connectivity index is 0.00000108. The van der Waals surface area contributed by atoms with E-state index >= 15 is 0 Å². The number of allylic oxidation sites excluding steroid dienone is 4. The molecule has 1 N–H and O–H groups in total. The molecule has 0 saturated heterocycles. The molecule has 1 unspecified atom stereocenters. The molecule has 19 heavy (non-hydrogen) atoms. The van der Waals surface area contributed by atoms with E-state index in [0.29, 0.717) is 0 Å². The van der Waals surface area contributed by atoms with E-state index in [2.05, 4.69) is 54.4 Å². The smallest absolute Gasteiger partial charge is 1.00 e. The molecule has 0 spiro atoms. The number of hydrogen-bond donors (Lipinski definition) is 1. The van der Waals surface area contributed by atoms with Gasteiger partial charge in [0.25, 0.3) is 0 Å². The first-order chi connectivity index (χ1) is 7.86. The summed E-state index contributed by atoms with van der Waals surface area (Å²) in [6.07, 6.45) is 11.5. The Morgan fingerprint density at radius 3 is 2.63 bits per heavy atom. The first-order valence-corrected chi connectivity index (χ1v) is 5.37. The van der Waals surface area contributed by atoms with E-state index in [9.17, 15) is 0 Å². The second-order valence-electron chi connectivity index (χ2n) is 3.98. The van der Waals surface area contributed by atoms with Crippen LogP contribution in [0.4, 0.5) is 0 Å². The van der Waals surface area contributed by atoms with Crippen LogP contribution in [0.2, 0.25) is 0 Å². The zero-order valence-electron chi connectivity index (χ0n) is 10.1. The van der Waals surface area contributed by atoms with Crippen molar-refractivity contribution in [3.8, 4) is 0 Å². The summed E-state index contributed by atoms with van der Waals surface area (Å²) in [6.45, 7) is 4.03. The van der Waals surface area contributed by atoms with Crippen molar-refractivity contribution in [1.82, 2.24) is 5.32 Å². The second kappa shape index (κ2) is 7.63. The molecule has 1 aliphatic carbocycles. The Kier molecular flexibility index (Phi) is 7.26. The maximum absolute atomic E-state index is 4.03. The Hall–Kier alpha value is -0.908. The Morgan fingerprint density at radius 2 is 1.89 bits per heavy atom. The summed E-state index contributed by atoms with van der Waals surface area (Å²) in [5, 5.41) is 3.14. The number of benzene rings is 1. The Bertz CT molecular complexity index is 547. The Labute approximate surface area is 137 Å². The van der Waals surface area contributed by atoms with E-state index in [1.807, 2.05) is 12.3 Å². The van der Waals surface area contributed by atoms with E-state index in [4.69, 9.17) is 0 Å². The molecule has 0 bridgehead atoms. The summed E-state index contributed by atoms with van der Waals surface area (Å²) in [5.41, 5.74) is 4.73. The van der Waals surface area contributed by atoms with Crippen LogP contribution in [0.1, 0.15) is 17.0 Å². The summed E-state index contributed by atoms with van der Waals surface area (Å²) >= 11 is 0. The third-order valence-electron chi connectivity index (χ3n) is 3.00. The van der Waals surface area contributed by atoms with E-state index in [1.165, 1.54) is 16.7 Å². The van der Waals surface area contributed by atoms with Gasteiger partial charge in [0.2, 0.25) is 0 Å². The molecule has 1 heterocycles. The van der Waals surface area contributed by atoms with E-state index in [0.717, 1.165) is 5.70 Å². The third-order valence-corrected chi connectivity index (χ3v) is 3.00. The molecular weight excluding hydrogens is 317 g/mol. The number of fused-ring (bicyclic) bond motifs is 1. The van der Waals surface area contributed by atoms with Crippen molar-refractivity contribution in [3.63, 3.8) is 0 Å². The van der Waals surface area contributed by atoms with Crippen molar-refractivity contribution in [2.75, 3.05) is 0 Å². The number of halogens is 2. The SMILES string of the molecule is C=C1NC=CC=C1C1[C-]=Cc2ccccc21.[Cl-].[Cl-].[Cr+3]. The van der Waals surface area contributed by atoms with Crippen LogP contribution in [0, 0.1) is 6.08 Å². The zero-order valence-corrected chi connectivity index (χ0v) is 12.9. The van der Waals surface area contributed by atoms with Gasteiger partial charge in [-0.1, -0.05) is 36.8 Å². The quantitative estimate of drug-likeness (QED) is 0.548. The van der Waals surface area contributed by atoms with Gasteiger partial charge in [-0.05, 0) is 11.6 Å². The number of nitrogens with one attached hydrogen (secondary N) is 1. The van der Waals surface area contributed by atoms with Gasteiger partial charge in [-0.25, -0.2) is 6.08 Å². The van der Waals surface area contributed by atoms with Crippen LogP contribution < -0.4 is 30.1 Å². The minimum atomic E-state index is 0. The molecule has 0 amide bonds. The zero-order chi connectivity index (χ0) is 11.0. The molecule has 4 heteroatoms. The summed E-state index contributed by atoms with van der Waals surface area (Å²) in [5.74, 6) is 0.223. The van der Waals surface area contributed by atoms with Crippen molar-refractivity contribution in [3.05, 3.63) is 77.7 Å². The van der Waals surface area contributed by atoms with Crippen LogP contribution >= 0.6 is 0 Å². The van der Waals surface area contributed by atoms with Gasteiger partial charge in [-0.15, -0.1) is 11.6 Å². The van der Waals surface area contributed by atoms with Crippen molar-refractivity contribution in [2.45, 2.75) is 5.92 Å². The average molecular weight is 329 g/mol. The van der Waals surface area contributed by atoms with Gasteiger partial charge in [0.15, 0.2) is 0 Å². The van der Waals surface area contributed by atoms with Gasteiger partial charge in [0.1, 0.15) is 0 Å². The van der Waals surface area contributed by atoms with Gasteiger partial charge >= 0.3 is 17.4 Å². The predicted octanol–water partition coefficient (Wildman–Crippen LogP) is -2.84. The molecule has 1 aliphatic heterocycles. The summed E-state index contributed by atoms with van der Waals surface area (Å²) in [4.78, 5) is 0. The fourth-order valence-corrected chi connectivity index (χ4v) is 2.18. The molecule has 3 rings (SSSR count). The van der Waals surface area contributed by atoms with E-state index in [-0.39, 0.29) is 48.1 Å². The molecular formula is C15H12Cl2CrN. The first kappa shape index (κ1) is 18.1. The van der Waals surface area contributed by atoms with Crippen LogP contribution in [0.5, 0.6) is 0 Å². The predicted molar refractivity (Wildman–Crippen MR) is 66.4 cm³/mol. The van der Waals surface area contributed by atoms with Crippen LogP contribution in [-0.4, -0.2) is 0 Å². The van der Waals surface area contributed by atoms with Gasteiger partial charge in [-0.2, -0.15) is 5.56 Å². The third kappa shape index (κ3) is 3.35. The molecule has 2 aliphatic rings. The molecule has 97 valence electrons. The van der Waals surface area contributed by atoms with E-state index in [1.54, 1.807) is 0 Å². The maximum Gasteiger partial charge on any atom is 3.00 e. The fourth-order valence-electron chi connectivity index (χ4n) is 2.18. The summed E-state index contributed by atoms with van der Waals surface area (Å²) in [6, 6.07) is 8.41. The Morgan fingerprint density at radius 1 is 1.16 bits per heavy atom. The molecule has 1 radical (unpaired) electrons.